The van der Waals surface area contributed by atoms with Crippen LogP contribution in [0.1, 0.15) is 39.0 Å². The first kappa shape index (κ1) is 21.3. The number of halogens is 1. The Kier molecular flexibility index (Phi) is 5.68. The van der Waals surface area contributed by atoms with Crippen LogP contribution < -0.4 is 4.74 Å². The molecule has 0 spiro atoms. The molecular weight excluding hydrogens is 396 g/mol. The van der Waals surface area contributed by atoms with Crippen LogP contribution >= 0.6 is 0 Å². The van der Waals surface area contributed by atoms with Crippen LogP contribution in [0, 0.1) is 0 Å². The van der Waals surface area contributed by atoms with Crippen LogP contribution in [0.25, 0.3) is 11.8 Å². The van der Waals surface area contributed by atoms with E-state index in [9.17, 15) is 4.39 Å². The lowest BCUT2D eigenvalue weighted by Crippen LogP contribution is -2.41. The Bertz CT molecular complexity index is 1050. The van der Waals surface area contributed by atoms with Crippen LogP contribution in [0.4, 0.5) is 4.39 Å². The molecule has 160 valence electrons. The lowest BCUT2D eigenvalue weighted by Gasteiger charge is -2.32. The Hall–Kier alpha value is -2.97. The molecule has 2 heterocycles. The fourth-order valence-electron chi connectivity index (χ4n) is 3.07. The molecule has 0 unspecified atom stereocenters. The Morgan fingerprint density at radius 3 is 2.32 bits per heavy atom. The van der Waals surface area contributed by atoms with Gasteiger partial charge in [0.05, 0.1) is 23.1 Å². The Balaban J connectivity index is 1.41. The van der Waals surface area contributed by atoms with Crippen molar-refractivity contribution in [1.82, 2.24) is 15.0 Å². The topological polar surface area (TPSA) is 58.4 Å². The summed E-state index contributed by atoms with van der Waals surface area (Å²) >= 11 is 0. The van der Waals surface area contributed by atoms with Crippen LogP contribution in [-0.4, -0.2) is 33.3 Å². The van der Waals surface area contributed by atoms with E-state index < -0.39 is 24.0 Å². The highest BCUT2D eigenvalue weighted by atomic mass is 19.1. The van der Waals surface area contributed by atoms with Crippen molar-refractivity contribution in [3.05, 3.63) is 77.8 Å². The van der Waals surface area contributed by atoms with Gasteiger partial charge in [0.2, 0.25) is 0 Å². The predicted octanol–water partition coefficient (Wildman–Crippen LogP) is 4.79. The molecule has 6 nitrogen and oxygen atoms in total. The normalized spacial score (nSPS) is 17.7. The van der Waals surface area contributed by atoms with Gasteiger partial charge in [0.1, 0.15) is 23.8 Å². The van der Waals surface area contributed by atoms with Crippen molar-refractivity contribution in [1.29, 1.82) is 0 Å². The highest BCUT2D eigenvalue weighted by Crippen LogP contribution is 2.39. The van der Waals surface area contributed by atoms with Gasteiger partial charge in [-0.2, -0.15) is 0 Å². The minimum absolute atomic E-state index is 0.372. The molecule has 1 fully saturated rings. The monoisotopic (exact) mass is 421 g/mol. The van der Waals surface area contributed by atoms with E-state index in [0.29, 0.717) is 12.3 Å². The van der Waals surface area contributed by atoms with E-state index >= 15 is 0 Å². The summed E-state index contributed by atoms with van der Waals surface area (Å²) in [7, 11) is -1.06. The van der Waals surface area contributed by atoms with Crippen molar-refractivity contribution in [3.8, 4) is 11.4 Å². The fourth-order valence-corrected chi connectivity index (χ4v) is 3.07. The van der Waals surface area contributed by atoms with Gasteiger partial charge in [-0.05, 0) is 63.6 Å². The predicted molar refractivity (Wildman–Crippen MR) is 117 cm³/mol. The van der Waals surface area contributed by atoms with Crippen molar-refractivity contribution in [2.75, 3.05) is 0 Å². The van der Waals surface area contributed by atoms with Crippen LogP contribution in [0.2, 0.25) is 0 Å². The highest BCUT2D eigenvalue weighted by Gasteiger charge is 2.53. The molecular formula is C23H25BFN3O3. The third-order valence-electron chi connectivity index (χ3n) is 5.62. The zero-order valence-corrected chi connectivity index (χ0v) is 18.1. The molecule has 4 rings (SSSR count). The number of hydrogen-bond donors (Lipinski definition) is 0. The van der Waals surface area contributed by atoms with Crippen LogP contribution in [0.5, 0.6) is 5.75 Å². The number of aromatic nitrogens is 3. The van der Waals surface area contributed by atoms with E-state index in [4.69, 9.17) is 14.0 Å². The molecule has 8 heteroatoms. The zero-order chi connectivity index (χ0) is 22.1. The second-order valence-electron chi connectivity index (χ2n) is 8.47. The number of hydrogen-bond acceptors (Lipinski definition) is 5. The van der Waals surface area contributed by atoms with Crippen LogP contribution in [0.15, 0.2) is 66.5 Å². The summed E-state index contributed by atoms with van der Waals surface area (Å²) in [6.45, 7) is 8.01. The smallest absolute Gasteiger partial charge is 0.489 e. The fraction of sp³-hybridized carbons (Fsp3) is 0.304. The average Bonchev–Trinajstić information content (AvgIpc) is 3.29. The highest BCUT2D eigenvalue weighted by molar-refractivity contribution is 6.54. The van der Waals surface area contributed by atoms with Crippen LogP contribution in [0.3, 0.4) is 0 Å². The summed E-state index contributed by atoms with van der Waals surface area (Å²) in [5, 5.41) is 8.11. The second kappa shape index (κ2) is 8.28. The van der Waals surface area contributed by atoms with Crippen molar-refractivity contribution < 1.29 is 18.4 Å². The lowest BCUT2D eigenvalue weighted by molar-refractivity contribution is 0.00578. The first-order chi connectivity index (χ1) is 14.7. The van der Waals surface area contributed by atoms with E-state index in [0.717, 1.165) is 17.0 Å². The molecule has 0 saturated carbocycles. The molecule has 1 aromatic heterocycles. The molecule has 0 amide bonds. The van der Waals surface area contributed by atoms with E-state index in [1.165, 1.54) is 6.08 Å². The van der Waals surface area contributed by atoms with E-state index in [1.54, 1.807) is 10.9 Å². The third-order valence-corrected chi connectivity index (χ3v) is 5.62. The Morgan fingerprint density at radius 2 is 1.68 bits per heavy atom. The summed E-state index contributed by atoms with van der Waals surface area (Å²) in [5.41, 5.74) is 0.501. The number of ether oxygens (including phenoxy) is 1. The van der Waals surface area contributed by atoms with Gasteiger partial charge >= 0.3 is 7.12 Å². The molecule has 31 heavy (non-hydrogen) atoms. The van der Waals surface area contributed by atoms with E-state index in [2.05, 4.69) is 10.3 Å². The maximum Gasteiger partial charge on any atom is 0.525 e. The Labute approximate surface area is 181 Å². The minimum Gasteiger partial charge on any atom is -0.489 e. The maximum absolute atomic E-state index is 14.7. The molecule has 0 radical (unpaired) electrons. The largest absolute Gasteiger partial charge is 0.525 e. The van der Waals surface area contributed by atoms with Crippen LogP contribution in [-0.2, 0) is 15.9 Å². The second-order valence-corrected chi connectivity index (χ2v) is 8.47. The van der Waals surface area contributed by atoms with E-state index in [1.807, 2.05) is 82.3 Å². The molecule has 3 aromatic rings. The van der Waals surface area contributed by atoms with Gasteiger partial charge in [-0.1, -0.05) is 35.5 Å². The first-order valence-corrected chi connectivity index (χ1v) is 10.2. The number of benzene rings is 2. The summed E-state index contributed by atoms with van der Waals surface area (Å²) in [5.74, 6) is 0.750. The van der Waals surface area contributed by atoms with Gasteiger partial charge in [0.15, 0.2) is 0 Å². The molecule has 0 atom stereocenters. The van der Waals surface area contributed by atoms with Gasteiger partial charge in [0, 0.05) is 0 Å². The molecule has 2 aromatic carbocycles. The van der Waals surface area contributed by atoms with Gasteiger partial charge in [-0.25, -0.2) is 9.07 Å². The molecule has 0 aliphatic carbocycles. The average molecular weight is 421 g/mol. The molecule has 1 aliphatic rings. The standard InChI is InChI=1S/C23H25BFN3O3/c1-22(2)23(3,4)31-24(30-22)21(25)14-18-15-28(27-26-18)19-10-12-20(13-11-19)29-16-17-8-6-5-7-9-17/h5-15H,16H2,1-4H3. The van der Waals surface area contributed by atoms with Gasteiger partial charge < -0.3 is 14.0 Å². The summed E-state index contributed by atoms with van der Waals surface area (Å²) in [6.07, 6.45) is 2.92. The zero-order valence-electron chi connectivity index (χ0n) is 18.1. The SMILES string of the molecule is CC1(C)OB(C(F)=Cc2cn(-c3ccc(OCc4ccccc4)cc3)nn2)OC1(C)C. The first-order valence-electron chi connectivity index (χ1n) is 10.2. The molecule has 0 bridgehead atoms. The quantitative estimate of drug-likeness (QED) is 0.536. The molecule has 1 saturated heterocycles. The summed E-state index contributed by atoms with van der Waals surface area (Å²) < 4.78 is 33.5. The van der Waals surface area contributed by atoms with Crippen molar-refractivity contribution in [3.63, 3.8) is 0 Å². The van der Waals surface area contributed by atoms with Gasteiger partial charge in [0.25, 0.3) is 0 Å². The molecule has 0 N–H and O–H groups in total. The summed E-state index contributed by atoms with van der Waals surface area (Å²) in [6, 6.07) is 17.4. The summed E-state index contributed by atoms with van der Waals surface area (Å²) in [4.78, 5) is 0. The van der Waals surface area contributed by atoms with Crippen molar-refractivity contribution in [2.45, 2.75) is 45.5 Å². The van der Waals surface area contributed by atoms with Gasteiger partial charge in [-0.3, -0.25) is 0 Å². The minimum atomic E-state index is -1.06. The third kappa shape index (κ3) is 4.70. The Morgan fingerprint density at radius 1 is 1.03 bits per heavy atom. The number of rotatable bonds is 6. The number of nitrogens with zero attached hydrogens (tertiary/aromatic N) is 3. The maximum atomic E-state index is 14.7. The van der Waals surface area contributed by atoms with Crippen molar-refractivity contribution in [2.24, 2.45) is 0 Å². The van der Waals surface area contributed by atoms with Crippen molar-refractivity contribution >= 4 is 13.2 Å². The lowest BCUT2D eigenvalue weighted by atomic mass is 9.87. The van der Waals surface area contributed by atoms with Gasteiger partial charge in [-0.15, -0.1) is 5.10 Å². The molecule has 1 aliphatic heterocycles. The van der Waals surface area contributed by atoms with E-state index in [-0.39, 0.29) is 0 Å².